The van der Waals surface area contributed by atoms with E-state index in [0.29, 0.717) is 21.4 Å². The van der Waals surface area contributed by atoms with Gasteiger partial charge in [0.15, 0.2) is 0 Å². The quantitative estimate of drug-likeness (QED) is 0.130. The van der Waals surface area contributed by atoms with Gasteiger partial charge in [-0.15, -0.1) is 0 Å². The normalized spacial score (nSPS) is 16.2. The number of hydrogen-bond donors (Lipinski definition) is 2. The molecule has 1 aliphatic heterocycles. The van der Waals surface area contributed by atoms with Gasteiger partial charge in [-0.3, -0.25) is 9.59 Å². The van der Waals surface area contributed by atoms with E-state index in [1.54, 1.807) is 65.7 Å². The number of pyridine rings is 2. The highest BCUT2D eigenvalue weighted by Gasteiger charge is 2.50. The number of hydrogen-bond acceptors (Lipinski definition) is 10. The summed E-state index contributed by atoms with van der Waals surface area (Å²) in [6.45, 7) is 22.4. The summed E-state index contributed by atoms with van der Waals surface area (Å²) < 4.78 is 22.2. The highest BCUT2D eigenvalue weighted by molar-refractivity contribution is 9.10. The molecule has 314 valence electrons. The Hall–Kier alpha value is -3.36. The second kappa shape index (κ2) is 19.4. The minimum absolute atomic E-state index is 0.282. The zero-order valence-corrected chi connectivity index (χ0v) is 39.0. The van der Waals surface area contributed by atoms with Crippen molar-refractivity contribution in [3.8, 4) is 0 Å². The lowest BCUT2D eigenvalue weighted by atomic mass is 9.83. The predicted octanol–water partition coefficient (Wildman–Crippen LogP) is 10.8. The van der Waals surface area contributed by atoms with Gasteiger partial charge in [0.2, 0.25) is 0 Å². The standard InChI is InChI=1S/C19H22ClNO3.C13H23BO4.C12H11BrClNO/c1-11-13(8-9-19(3,4)18(23)24-5)6-7-14-15(20)10-16(12(2)22)21-17(11)14;1-11(2,10(15)16-7)8-9-14-17-12(3,4)13(5,6)18-14;1-6-9(13)4-3-8-10(14)5-11(7(2)16)15-12(6)8/h6-10,12,22H,1-5H3;8-9H,1-7H3;3-5,7,16H,1-2H3/b2*9-8+;/t12-;;7-/m1.1/s1. The van der Waals surface area contributed by atoms with Gasteiger partial charge in [0.05, 0.1) is 80.9 Å². The molecule has 0 aliphatic carbocycles. The summed E-state index contributed by atoms with van der Waals surface area (Å²) in [7, 11) is 2.33. The van der Waals surface area contributed by atoms with Crippen molar-refractivity contribution in [3.63, 3.8) is 0 Å². The van der Waals surface area contributed by atoms with Crippen molar-refractivity contribution < 1.29 is 38.6 Å². The van der Waals surface area contributed by atoms with Gasteiger partial charge in [0, 0.05) is 15.2 Å². The molecular formula is C44H56BBrCl2N2O8. The molecule has 0 radical (unpaired) electrons. The number of nitrogens with zero attached hydrogens (tertiary/aromatic N) is 2. The number of rotatable bonds is 8. The maximum absolute atomic E-state index is 11.8. The molecule has 10 nitrogen and oxygen atoms in total. The number of carbonyl (C=O) groups excluding carboxylic acids is 2. The molecule has 14 heteroatoms. The van der Waals surface area contributed by atoms with Crippen molar-refractivity contribution in [2.45, 2.75) is 106 Å². The van der Waals surface area contributed by atoms with Crippen LogP contribution in [0.1, 0.15) is 110 Å². The first kappa shape index (κ1) is 49.0. The summed E-state index contributed by atoms with van der Waals surface area (Å²) in [6, 6.07) is 11.1. The Bertz CT molecular complexity index is 2190. The third-order valence-corrected chi connectivity index (χ3v) is 11.8. The number of aliphatic hydroxyl groups is 2. The van der Waals surface area contributed by atoms with Crippen molar-refractivity contribution in [2.75, 3.05) is 14.2 Å². The van der Waals surface area contributed by atoms with Gasteiger partial charge in [0.1, 0.15) is 0 Å². The molecule has 0 spiro atoms. The Morgan fingerprint density at radius 3 is 1.62 bits per heavy atom. The smallest absolute Gasteiger partial charge is 0.468 e. The highest BCUT2D eigenvalue weighted by atomic mass is 79.9. The molecule has 5 rings (SSSR count). The molecule has 2 atom stereocenters. The van der Waals surface area contributed by atoms with Crippen LogP contribution in [0.15, 0.2) is 59.0 Å². The first-order valence-corrected chi connectivity index (χ1v) is 20.4. The number of aromatic nitrogens is 2. The third kappa shape index (κ3) is 11.7. The van der Waals surface area contributed by atoms with E-state index in [0.717, 1.165) is 43.0 Å². The zero-order chi connectivity index (χ0) is 44.1. The Kier molecular flexibility index (Phi) is 16.4. The highest BCUT2D eigenvalue weighted by Crippen LogP contribution is 2.38. The fourth-order valence-electron chi connectivity index (χ4n) is 5.66. The number of aliphatic hydroxyl groups excluding tert-OH is 2. The van der Waals surface area contributed by atoms with E-state index in [-0.39, 0.29) is 23.1 Å². The van der Waals surface area contributed by atoms with Crippen LogP contribution in [0.25, 0.3) is 27.9 Å². The van der Waals surface area contributed by atoms with Crippen molar-refractivity contribution in [1.29, 1.82) is 0 Å². The second-order valence-electron chi connectivity index (χ2n) is 16.4. The van der Waals surface area contributed by atoms with E-state index in [1.807, 2.05) is 78.0 Å². The molecule has 4 aromatic rings. The lowest BCUT2D eigenvalue weighted by Crippen LogP contribution is -2.41. The number of carbonyl (C=O) groups is 2. The molecule has 3 heterocycles. The lowest BCUT2D eigenvalue weighted by Gasteiger charge is -2.32. The summed E-state index contributed by atoms with van der Waals surface area (Å²) in [4.78, 5) is 32.3. The monoisotopic (exact) mass is 900 g/mol. The fraction of sp³-hybridized carbons (Fsp3) is 0.455. The first-order valence-electron chi connectivity index (χ1n) is 18.8. The van der Waals surface area contributed by atoms with E-state index in [4.69, 9.17) is 42.0 Å². The Morgan fingerprint density at radius 1 is 0.776 bits per heavy atom. The van der Waals surface area contributed by atoms with Crippen LogP contribution in [-0.4, -0.2) is 64.7 Å². The van der Waals surface area contributed by atoms with Crippen LogP contribution in [0.3, 0.4) is 0 Å². The molecule has 1 saturated heterocycles. The predicted molar refractivity (Wildman–Crippen MR) is 238 cm³/mol. The number of halogens is 3. The summed E-state index contributed by atoms with van der Waals surface area (Å²) in [5, 5.41) is 22.2. The number of aryl methyl sites for hydroxylation is 2. The van der Waals surface area contributed by atoms with Crippen LogP contribution >= 0.6 is 39.1 Å². The average Bonchev–Trinajstić information content (AvgIpc) is 3.36. The van der Waals surface area contributed by atoms with Crippen LogP contribution in [-0.2, 0) is 28.4 Å². The molecule has 58 heavy (non-hydrogen) atoms. The van der Waals surface area contributed by atoms with Gasteiger partial charge >= 0.3 is 19.1 Å². The number of ether oxygens (including phenoxy) is 2. The fourth-order valence-corrected chi connectivity index (χ4v) is 6.51. The van der Waals surface area contributed by atoms with Gasteiger partial charge in [-0.25, -0.2) is 9.97 Å². The van der Waals surface area contributed by atoms with Gasteiger partial charge in [-0.2, -0.15) is 0 Å². The van der Waals surface area contributed by atoms with Crippen LogP contribution in [0.4, 0.5) is 0 Å². The van der Waals surface area contributed by atoms with Gasteiger partial charge in [0.25, 0.3) is 0 Å². The largest absolute Gasteiger partial charge is 0.486 e. The first-order chi connectivity index (χ1) is 26.7. The Balaban J connectivity index is 0.000000239. The third-order valence-electron chi connectivity index (χ3n) is 10.3. The van der Waals surface area contributed by atoms with Crippen LogP contribution in [0.2, 0.25) is 10.0 Å². The molecule has 0 bridgehead atoms. The molecule has 1 fully saturated rings. The van der Waals surface area contributed by atoms with Crippen molar-refractivity contribution in [3.05, 3.63) is 97.1 Å². The van der Waals surface area contributed by atoms with Gasteiger partial charge < -0.3 is 29.0 Å². The van der Waals surface area contributed by atoms with Crippen LogP contribution in [0.5, 0.6) is 0 Å². The van der Waals surface area contributed by atoms with E-state index in [2.05, 4.69) is 25.9 Å². The summed E-state index contributed by atoms with van der Waals surface area (Å²) in [6.07, 6.45) is 4.16. The minimum atomic E-state index is -0.720. The molecule has 0 unspecified atom stereocenters. The number of esters is 2. The minimum Gasteiger partial charge on any atom is -0.468 e. The number of methoxy groups -OCH3 is 2. The average molecular weight is 903 g/mol. The SMILES string of the molecule is COC(=O)C(C)(C)/C=C/B1OC(C)(C)C(C)(C)O1.COC(=O)C(C)(C)/C=C/c1ccc2c(Cl)cc([C@@H](C)O)nc2c1C.Cc1c(Br)ccc2c(Cl)cc([C@@H](C)O)nc12. The van der Waals surface area contributed by atoms with E-state index in [9.17, 15) is 19.8 Å². The summed E-state index contributed by atoms with van der Waals surface area (Å²) >= 11 is 15.9. The van der Waals surface area contributed by atoms with Crippen molar-refractivity contribution in [1.82, 2.24) is 9.97 Å². The zero-order valence-electron chi connectivity index (χ0n) is 35.9. The maximum atomic E-state index is 11.8. The summed E-state index contributed by atoms with van der Waals surface area (Å²) in [5.41, 5.74) is 3.48. The molecule has 0 saturated carbocycles. The van der Waals surface area contributed by atoms with Crippen molar-refractivity contribution in [2.24, 2.45) is 10.8 Å². The van der Waals surface area contributed by atoms with E-state index in [1.165, 1.54) is 14.2 Å². The van der Waals surface area contributed by atoms with Gasteiger partial charge in [-0.1, -0.05) is 81.5 Å². The lowest BCUT2D eigenvalue weighted by molar-refractivity contribution is -0.148. The molecular weight excluding hydrogens is 846 g/mol. The molecule has 2 aromatic carbocycles. The molecule has 2 aromatic heterocycles. The summed E-state index contributed by atoms with van der Waals surface area (Å²) in [5.74, 6) is 1.19. The van der Waals surface area contributed by atoms with Gasteiger partial charge in [-0.05, 0) is 118 Å². The van der Waals surface area contributed by atoms with E-state index < -0.39 is 30.2 Å². The molecule has 1 aliphatic rings. The topological polar surface area (TPSA) is 137 Å². The Labute approximate surface area is 361 Å². The number of benzene rings is 2. The van der Waals surface area contributed by atoms with E-state index >= 15 is 0 Å². The maximum Gasteiger partial charge on any atom is 0.486 e. The van der Waals surface area contributed by atoms with Crippen LogP contribution in [0, 0.1) is 24.7 Å². The van der Waals surface area contributed by atoms with Crippen molar-refractivity contribution >= 4 is 86.1 Å². The van der Waals surface area contributed by atoms with Crippen LogP contribution < -0.4 is 0 Å². The Morgan fingerprint density at radius 2 is 1.19 bits per heavy atom. The second-order valence-corrected chi connectivity index (χ2v) is 18.1. The molecule has 0 amide bonds. The number of fused-ring (bicyclic) bond motifs is 2. The molecule has 2 N–H and O–H groups in total.